The fraction of sp³-hybridized carbons (Fsp3) is 0.952. The second-order valence-electron chi connectivity index (χ2n) is 9.95. The van der Waals surface area contributed by atoms with E-state index in [0.29, 0.717) is 22.5 Å². The molecule has 0 bridgehead atoms. The van der Waals surface area contributed by atoms with Gasteiger partial charge in [0.05, 0.1) is 6.10 Å². The van der Waals surface area contributed by atoms with Gasteiger partial charge in [0, 0.05) is 12.3 Å². The first-order chi connectivity index (χ1) is 11.0. The fourth-order valence-electron chi connectivity index (χ4n) is 8.54. The zero-order valence-electron chi connectivity index (χ0n) is 14.6. The second-order valence-corrected chi connectivity index (χ2v) is 9.95. The zero-order valence-corrected chi connectivity index (χ0v) is 14.6. The Bertz CT molecular complexity index is 528. The van der Waals surface area contributed by atoms with Gasteiger partial charge >= 0.3 is 0 Å². The maximum atomic E-state index is 12.4. The van der Waals surface area contributed by atoms with Crippen molar-refractivity contribution in [3.05, 3.63) is 0 Å². The molecule has 0 aromatic carbocycles. The standard InChI is InChI=1S/C21H32O2/c1-20-9-6-14(22)12-13(20)2-3-15-16(20)7-10-21-11-8-19(23)18(21)5-4-17(15)21/h13-18,22H,2-12H2,1H3/t13-,14+,15?,16?,17?,18+,20-,21+/m0/s1. The second kappa shape index (κ2) is 4.84. The minimum absolute atomic E-state index is 0.0390. The lowest BCUT2D eigenvalue weighted by Crippen LogP contribution is -2.54. The Labute approximate surface area is 140 Å². The van der Waals surface area contributed by atoms with E-state index in [1.54, 1.807) is 0 Å². The first kappa shape index (κ1) is 14.9. The number of carbonyl (C=O) groups is 1. The maximum Gasteiger partial charge on any atom is 0.136 e. The molecule has 0 saturated heterocycles. The first-order valence-electron chi connectivity index (χ1n) is 10.3. The molecule has 0 aromatic heterocycles. The monoisotopic (exact) mass is 316 g/mol. The van der Waals surface area contributed by atoms with Crippen LogP contribution in [0.1, 0.15) is 77.6 Å². The third-order valence-corrected chi connectivity index (χ3v) is 9.58. The number of Topliss-reactive ketones (excluding diaryl/α,β-unsaturated/α-hetero) is 1. The summed E-state index contributed by atoms with van der Waals surface area (Å²) in [6.07, 6.45) is 13.3. The molecule has 5 saturated carbocycles. The lowest BCUT2D eigenvalue weighted by molar-refractivity contribution is -0.133. The van der Waals surface area contributed by atoms with Crippen molar-refractivity contribution in [2.75, 3.05) is 0 Å². The van der Waals surface area contributed by atoms with Crippen LogP contribution >= 0.6 is 0 Å². The number of ketones is 1. The van der Waals surface area contributed by atoms with Crippen molar-refractivity contribution in [2.45, 2.75) is 83.7 Å². The molecule has 3 unspecified atom stereocenters. The molecule has 1 N–H and O–H groups in total. The number of hydrogen-bond donors (Lipinski definition) is 1. The van der Waals surface area contributed by atoms with Crippen molar-refractivity contribution in [3.63, 3.8) is 0 Å². The van der Waals surface area contributed by atoms with E-state index in [1.165, 1.54) is 51.4 Å². The Hall–Kier alpha value is -0.370. The van der Waals surface area contributed by atoms with E-state index in [1.807, 2.05) is 0 Å². The average molecular weight is 316 g/mol. The van der Waals surface area contributed by atoms with Crippen LogP contribution in [0.15, 0.2) is 0 Å². The van der Waals surface area contributed by atoms with Crippen molar-refractivity contribution in [1.29, 1.82) is 0 Å². The quantitative estimate of drug-likeness (QED) is 0.721. The molecule has 8 atom stereocenters. The highest BCUT2D eigenvalue weighted by Crippen LogP contribution is 2.70. The molecule has 2 nitrogen and oxygen atoms in total. The predicted octanol–water partition coefficient (Wildman–Crippen LogP) is 4.35. The highest BCUT2D eigenvalue weighted by Gasteiger charge is 2.64. The number of rotatable bonds is 0. The Morgan fingerprint density at radius 1 is 0.957 bits per heavy atom. The topological polar surface area (TPSA) is 37.3 Å². The van der Waals surface area contributed by atoms with Crippen molar-refractivity contribution in [1.82, 2.24) is 0 Å². The Morgan fingerprint density at radius 3 is 2.70 bits per heavy atom. The van der Waals surface area contributed by atoms with Crippen LogP contribution in [0.25, 0.3) is 0 Å². The number of fused-ring (bicyclic) bond motifs is 4. The van der Waals surface area contributed by atoms with Crippen molar-refractivity contribution >= 4 is 5.78 Å². The van der Waals surface area contributed by atoms with Gasteiger partial charge in [0.1, 0.15) is 5.78 Å². The molecule has 5 fully saturated rings. The van der Waals surface area contributed by atoms with E-state index in [9.17, 15) is 9.90 Å². The summed E-state index contributed by atoms with van der Waals surface area (Å²) < 4.78 is 0. The van der Waals surface area contributed by atoms with Crippen LogP contribution in [0, 0.1) is 40.4 Å². The van der Waals surface area contributed by atoms with Gasteiger partial charge in [-0.1, -0.05) is 6.92 Å². The van der Waals surface area contributed by atoms with E-state index in [0.717, 1.165) is 42.9 Å². The number of hydrogen-bond acceptors (Lipinski definition) is 2. The molecule has 0 aromatic rings. The van der Waals surface area contributed by atoms with Gasteiger partial charge < -0.3 is 5.11 Å². The predicted molar refractivity (Wildman–Crippen MR) is 89.8 cm³/mol. The third-order valence-electron chi connectivity index (χ3n) is 9.58. The third kappa shape index (κ3) is 1.82. The summed E-state index contributed by atoms with van der Waals surface area (Å²) in [5, 5.41) is 10.1. The average Bonchev–Trinajstić information content (AvgIpc) is 3.06. The number of carbonyl (C=O) groups excluding carboxylic acids is 1. The maximum absolute atomic E-state index is 12.4. The molecule has 5 rings (SSSR count). The van der Waals surface area contributed by atoms with E-state index in [4.69, 9.17) is 0 Å². The Balaban J connectivity index is 1.46. The minimum atomic E-state index is -0.0390. The van der Waals surface area contributed by atoms with Crippen LogP contribution in [0.2, 0.25) is 0 Å². The van der Waals surface area contributed by atoms with Gasteiger partial charge in [-0.05, 0) is 98.7 Å². The molecule has 128 valence electrons. The molecule has 0 amide bonds. The normalized spacial score (nSPS) is 58.3. The molecule has 23 heavy (non-hydrogen) atoms. The number of aliphatic hydroxyl groups is 1. The zero-order chi connectivity index (χ0) is 15.8. The lowest BCUT2D eigenvalue weighted by atomic mass is 9.44. The summed E-state index contributed by atoms with van der Waals surface area (Å²) in [5.41, 5.74) is 0.903. The van der Waals surface area contributed by atoms with Crippen LogP contribution in [-0.2, 0) is 4.79 Å². The van der Waals surface area contributed by atoms with Crippen LogP contribution < -0.4 is 0 Å². The summed E-state index contributed by atoms with van der Waals surface area (Å²) in [6, 6.07) is 0. The highest BCUT2D eigenvalue weighted by molar-refractivity contribution is 5.84. The molecule has 5 aliphatic rings. The summed E-state index contributed by atoms with van der Waals surface area (Å²) in [4.78, 5) is 12.4. The van der Waals surface area contributed by atoms with Gasteiger partial charge in [-0.15, -0.1) is 0 Å². The summed E-state index contributed by atoms with van der Waals surface area (Å²) in [6.45, 7) is 2.56. The van der Waals surface area contributed by atoms with Crippen molar-refractivity contribution in [2.24, 2.45) is 40.4 Å². The van der Waals surface area contributed by atoms with Crippen molar-refractivity contribution < 1.29 is 9.90 Å². The van der Waals surface area contributed by atoms with E-state index < -0.39 is 0 Å². The van der Waals surface area contributed by atoms with Crippen LogP contribution in [0.4, 0.5) is 0 Å². The van der Waals surface area contributed by atoms with Gasteiger partial charge in [-0.2, -0.15) is 0 Å². The molecular formula is C21H32O2. The van der Waals surface area contributed by atoms with Gasteiger partial charge in [0.25, 0.3) is 0 Å². The van der Waals surface area contributed by atoms with Crippen LogP contribution in [0.5, 0.6) is 0 Å². The van der Waals surface area contributed by atoms with E-state index in [2.05, 4.69) is 6.92 Å². The molecule has 5 aliphatic carbocycles. The molecule has 0 aliphatic heterocycles. The summed E-state index contributed by atoms with van der Waals surface area (Å²) in [7, 11) is 0. The van der Waals surface area contributed by atoms with Gasteiger partial charge in [-0.25, -0.2) is 0 Å². The van der Waals surface area contributed by atoms with E-state index >= 15 is 0 Å². The first-order valence-corrected chi connectivity index (χ1v) is 10.3. The lowest BCUT2D eigenvalue weighted by Gasteiger charge is -2.60. The summed E-state index contributed by atoms with van der Waals surface area (Å²) in [5.74, 6) is 4.40. The van der Waals surface area contributed by atoms with Gasteiger partial charge in [0.15, 0.2) is 0 Å². The minimum Gasteiger partial charge on any atom is -0.393 e. The van der Waals surface area contributed by atoms with Crippen LogP contribution in [0.3, 0.4) is 0 Å². The molecule has 0 radical (unpaired) electrons. The number of aliphatic hydroxyl groups excluding tert-OH is 1. The van der Waals surface area contributed by atoms with Crippen molar-refractivity contribution in [3.8, 4) is 0 Å². The smallest absolute Gasteiger partial charge is 0.136 e. The highest BCUT2D eigenvalue weighted by atomic mass is 16.3. The SMILES string of the molecule is C[C@]12CC[C@@H](O)C[C@@H]1CCC1C3CC[C@@H]4C(=O)CC[C@]34CCC12. The molecule has 2 heteroatoms. The van der Waals surface area contributed by atoms with Gasteiger partial charge in [-0.3, -0.25) is 4.79 Å². The van der Waals surface area contributed by atoms with E-state index in [-0.39, 0.29) is 6.10 Å². The molecule has 1 spiro atoms. The largest absolute Gasteiger partial charge is 0.393 e. The fourth-order valence-corrected chi connectivity index (χ4v) is 8.54. The summed E-state index contributed by atoms with van der Waals surface area (Å²) >= 11 is 0. The Kier molecular flexibility index (Phi) is 3.14. The molecule has 0 heterocycles. The molecular weight excluding hydrogens is 284 g/mol. The van der Waals surface area contributed by atoms with Gasteiger partial charge in [0.2, 0.25) is 0 Å². The van der Waals surface area contributed by atoms with Crippen LogP contribution in [-0.4, -0.2) is 17.0 Å². The Morgan fingerprint density at radius 2 is 1.83 bits per heavy atom.